The lowest BCUT2D eigenvalue weighted by atomic mass is 10.2. The highest BCUT2D eigenvalue weighted by atomic mass is 16.5. The summed E-state index contributed by atoms with van der Waals surface area (Å²) in [4.78, 5) is 32.9. The average Bonchev–Trinajstić information content (AvgIpc) is 2.55. The first-order valence-corrected chi connectivity index (χ1v) is 8.33. The lowest BCUT2D eigenvalue weighted by Crippen LogP contribution is -2.47. The number of hydrogen-bond donors (Lipinski definition) is 1. The Morgan fingerprint density at radius 3 is 2.42 bits per heavy atom. The van der Waals surface area contributed by atoms with Gasteiger partial charge >= 0.3 is 11.8 Å². The normalized spacial score (nSPS) is 14.8. The van der Waals surface area contributed by atoms with Crippen LogP contribution in [-0.2, 0) is 14.3 Å². The highest BCUT2D eigenvalue weighted by molar-refractivity contribution is 6.39. The van der Waals surface area contributed by atoms with Crippen LogP contribution in [0, 0.1) is 0 Å². The number of aromatic nitrogens is 1. The van der Waals surface area contributed by atoms with Crippen molar-refractivity contribution in [3.8, 4) is 0 Å². The summed E-state index contributed by atoms with van der Waals surface area (Å²) < 4.78 is 5.35. The van der Waals surface area contributed by atoms with E-state index in [1.165, 1.54) is 0 Å². The molecular weight excluding hydrogens is 308 g/mol. The predicted molar refractivity (Wildman–Crippen MR) is 93.0 cm³/mol. The minimum atomic E-state index is -0.639. The number of hydrogen-bond acceptors (Lipinski definition) is 5. The van der Waals surface area contributed by atoms with Crippen molar-refractivity contribution in [1.29, 1.82) is 0 Å². The van der Waals surface area contributed by atoms with Crippen LogP contribution in [0.4, 0.5) is 11.5 Å². The molecule has 2 amide bonds. The average molecular weight is 334 g/mol. The molecule has 1 N–H and O–H groups in total. The number of carbonyl (C=O) groups excluding carboxylic acids is 2. The lowest BCUT2D eigenvalue weighted by Gasteiger charge is -2.31. The van der Waals surface area contributed by atoms with Gasteiger partial charge in [0, 0.05) is 31.4 Å². The van der Waals surface area contributed by atoms with E-state index in [0.717, 1.165) is 0 Å². The molecule has 2 heterocycles. The Labute approximate surface area is 143 Å². The summed E-state index contributed by atoms with van der Waals surface area (Å²) in [5, 5.41) is 2.72. The summed E-state index contributed by atoms with van der Waals surface area (Å²) in [7, 11) is 0. The van der Waals surface area contributed by atoms with Crippen molar-refractivity contribution in [2.24, 2.45) is 0 Å². The molecule has 1 aromatic rings. The zero-order valence-corrected chi connectivity index (χ0v) is 14.8. The van der Waals surface area contributed by atoms with Gasteiger partial charge < -0.3 is 19.9 Å². The molecule has 24 heavy (non-hydrogen) atoms. The van der Waals surface area contributed by atoms with E-state index in [-0.39, 0.29) is 12.1 Å². The quantitative estimate of drug-likeness (QED) is 0.845. The summed E-state index contributed by atoms with van der Waals surface area (Å²) >= 11 is 0. The van der Waals surface area contributed by atoms with Crippen molar-refractivity contribution in [3.63, 3.8) is 0 Å². The maximum atomic E-state index is 12.5. The van der Waals surface area contributed by atoms with Crippen molar-refractivity contribution in [2.75, 3.05) is 36.5 Å². The number of carbonyl (C=O) groups is 2. The van der Waals surface area contributed by atoms with E-state index in [0.29, 0.717) is 37.8 Å². The first-order chi connectivity index (χ1) is 11.4. The van der Waals surface area contributed by atoms with E-state index in [9.17, 15) is 9.59 Å². The van der Waals surface area contributed by atoms with Crippen molar-refractivity contribution < 1.29 is 14.3 Å². The highest BCUT2D eigenvalue weighted by Gasteiger charge is 2.27. The number of ether oxygens (including phenoxy) is 1. The van der Waals surface area contributed by atoms with Crippen LogP contribution in [0.3, 0.4) is 0 Å². The Hall–Kier alpha value is -2.15. The number of morpholine rings is 1. The van der Waals surface area contributed by atoms with Gasteiger partial charge in [-0.3, -0.25) is 9.59 Å². The molecule has 0 aromatic carbocycles. The largest absolute Gasteiger partial charge is 0.378 e. The van der Waals surface area contributed by atoms with Gasteiger partial charge in [-0.2, -0.15) is 0 Å². The van der Waals surface area contributed by atoms with Gasteiger partial charge in [-0.05, 0) is 39.8 Å². The molecule has 1 aliphatic rings. The Kier molecular flexibility index (Phi) is 6.14. The Balaban J connectivity index is 2.15. The van der Waals surface area contributed by atoms with Crippen LogP contribution in [0.1, 0.15) is 27.7 Å². The molecule has 1 aliphatic heterocycles. The van der Waals surface area contributed by atoms with Gasteiger partial charge in [0.2, 0.25) is 0 Å². The minimum Gasteiger partial charge on any atom is -0.378 e. The third kappa shape index (κ3) is 4.23. The maximum absolute atomic E-state index is 12.5. The molecule has 0 saturated carbocycles. The molecule has 7 nitrogen and oxygen atoms in total. The fourth-order valence-corrected chi connectivity index (χ4v) is 2.88. The second-order valence-electron chi connectivity index (χ2n) is 6.33. The molecule has 0 radical (unpaired) electrons. The summed E-state index contributed by atoms with van der Waals surface area (Å²) in [6.07, 6.45) is 1.68. The third-order valence-corrected chi connectivity index (χ3v) is 3.89. The molecule has 2 rings (SSSR count). The summed E-state index contributed by atoms with van der Waals surface area (Å²) in [6.45, 7) is 10.2. The number of amides is 2. The van der Waals surface area contributed by atoms with Crippen LogP contribution < -0.4 is 10.2 Å². The molecular formula is C17H26N4O3. The van der Waals surface area contributed by atoms with Crippen LogP contribution in [0.15, 0.2) is 18.3 Å². The maximum Gasteiger partial charge on any atom is 0.314 e. The Bertz CT molecular complexity index is 575. The zero-order valence-electron chi connectivity index (χ0n) is 14.8. The van der Waals surface area contributed by atoms with Gasteiger partial charge in [0.1, 0.15) is 0 Å². The van der Waals surface area contributed by atoms with Crippen molar-refractivity contribution in [3.05, 3.63) is 18.3 Å². The SMILES string of the molecule is CC(C)N(C(=O)C(=O)Nc1cccnc1N1CCOCC1)C(C)C. The van der Waals surface area contributed by atoms with Gasteiger partial charge in [0.15, 0.2) is 5.82 Å². The number of rotatable bonds is 4. The minimum absolute atomic E-state index is 0.0455. The van der Waals surface area contributed by atoms with Crippen LogP contribution in [-0.4, -0.2) is 60.1 Å². The second kappa shape index (κ2) is 8.10. The third-order valence-electron chi connectivity index (χ3n) is 3.89. The molecule has 0 spiro atoms. The number of anilines is 2. The lowest BCUT2D eigenvalue weighted by molar-refractivity contribution is -0.145. The molecule has 7 heteroatoms. The molecule has 1 saturated heterocycles. The topological polar surface area (TPSA) is 74.8 Å². The van der Waals surface area contributed by atoms with Crippen LogP contribution >= 0.6 is 0 Å². The second-order valence-corrected chi connectivity index (χ2v) is 6.33. The zero-order chi connectivity index (χ0) is 17.7. The summed E-state index contributed by atoms with van der Waals surface area (Å²) in [5.41, 5.74) is 0.546. The molecule has 132 valence electrons. The van der Waals surface area contributed by atoms with Crippen LogP contribution in [0.5, 0.6) is 0 Å². The molecule has 0 aliphatic carbocycles. The molecule has 0 atom stereocenters. The van der Waals surface area contributed by atoms with Gasteiger partial charge in [0.05, 0.1) is 18.9 Å². The Morgan fingerprint density at radius 1 is 1.21 bits per heavy atom. The van der Waals surface area contributed by atoms with Gasteiger partial charge in [-0.25, -0.2) is 4.98 Å². The fraction of sp³-hybridized carbons (Fsp3) is 0.588. The highest BCUT2D eigenvalue weighted by Crippen LogP contribution is 2.23. The molecule has 1 aromatic heterocycles. The standard InChI is InChI=1S/C17H26N4O3/c1-12(2)21(13(3)4)17(23)16(22)19-14-6-5-7-18-15(14)20-8-10-24-11-9-20/h5-7,12-13H,8-11H2,1-4H3,(H,19,22). The molecule has 0 bridgehead atoms. The number of nitrogens with zero attached hydrogens (tertiary/aromatic N) is 3. The first kappa shape index (κ1) is 18.2. The van der Waals surface area contributed by atoms with Gasteiger partial charge in [-0.15, -0.1) is 0 Å². The van der Waals surface area contributed by atoms with Crippen LogP contribution in [0.25, 0.3) is 0 Å². The van der Waals surface area contributed by atoms with E-state index in [1.54, 1.807) is 23.2 Å². The predicted octanol–water partition coefficient (Wildman–Crippen LogP) is 1.50. The van der Waals surface area contributed by atoms with E-state index in [2.05, 4.69) is 10.3 Å². The molecule has 1 fully saturated rings. The fourth-order valence-electron chi connectivity index (χ4n) is 2.88. The van der Waals surface area contributed by atoms with Crippen molar-refractivity contribution >= 4 is 23.3 Å². The number of nitrogens with one attached hydrogen (secondary N) is 1. The molecule has 0 unspecified atom stereocenters. The Morgan fingerprint density at radius 2 is 1.83 bits per heavy atom. The van der Waals surface area contributed by atoms with E-state index in [1.807, 2.05) is 32.6 Å². The smallest absolute Gasteiger partial charge is 0.314 e. The first-order valence-electron chi connectivity index (χ1n) is 8.33. The number of pyridine rings is 1. The van der Waals surface area contributed by atoms with E-state index < -0.39 is 11.8 Å². The van der Waals surface area contributed by atoms with Crippen molar-refractivity contribution in [2.45, 2.75) is 39.8 Å². The van der Waals surface area contributed by atoms with Gasteiger partial charge in [0.25, 0.3) is 0 Å². The van der Waals surface area contributed by atoms with Crippen LogP contribution in [0.2, 0.25) is 0 Å². The summed E-state index contributed by atoms with van der Waals surface area (Å²) in [6, 6.07) is 3.41. The van der Waals surface area contributed by atoms with E-state index >= 15 is 0 Å². The summed E-state index contributed by atoms with van der Waals surface area (Å²) in [5.74, 6) is -0.501. The van der Waals surface area contributed by atoms with Crippen molar-refractivity contribution in [1.82, 2.24) is 9.88 Å². The van der Waals surface area contributed by atoms with Gasteiger partial charge in [-0.1, -0.05) is 0 Å². The monoisotopic (exact) mass is 334 g/mol. The van der Waals surface area contributed by atoms with E-state index in [4.69, 9.17) is 4.74 Å².